The lowest BCUT2D eigenvalue weighted by Crippen LogP contribution is -2.07. The zero-order valence-corrected chi connectivity index (χ0v) is 13.9. The van der Waals surface area contributed by atoms with Crippen molar-refractivity contribution in [1.82, 2.24) is 4.98 Å². The third-order valence-corrected chi connectivity index (χ3v) is 4.07. The fourth-order valence-corrected chi connectivity index (χ4v) is 3.02. The number of nitrogens with zero attached hydrogens (tertiary/aromatic N) is 1. The number of hydrogen-bond donors (Lipinski definition) is 1. The van der Waals surface area contributed by atoms with Crippen molar-refractivity contribution in [2.45, 2.75) is 6.92 Å². The van der Waals surface area contributed by atoms with Crippen LogP contribution in [0, 0.1) is 0 Å². The maximum absolute atomic E-state index is 11.4. The number of anilines is 1. The van der Waals surface area contributed by atoms with Gasteiger partial charge in [0.05, 0.1) is 12.8 Å². The van der Waals surface area contributed by atoms with Crippen molar-refractivity contribution >= 4 is 33.5 Å². The van der Waals surface area contributed by atoms with Crippen molar-refractivity contribution in [2.24, 2.45) is 0 Å². The average molecular weight is 332 g/mol. The van der Waals surface area contributed by atoms with Gasteiger partial charge in [-0.05, 0) is 30.3 Å². The van der Waals surface area contributed by atoms with Crippen molar-refractivity contribution in [2.75, 3.05) is 12.4 Å². The molecule has 2 aromatic carbocycles. The first-order valence-electron chi connectivity index (χ1n) is 7.89. The molecule has 2 aromatic heterocycles. The highest BCUT2D eigenvalue weighted by Crippen LogP contribution is 2.38. The van der Waals surface area contributed by atoms with E-state index in [4.69, 9.17) is 9.15 Å². The zero-order valence-electron chi connectivity index (χ0n) is 13.9. The molecule has 4 rings (SSSR count). The van der Waals surface area contributed by atoms with Gasteiger partial charge in [-0.25, -0.2) is 0 Å². The number of rotatable bonds is 3. The standard InChI is InChI=1S/C20H16N2O3/c1-12(23)22-16-8-7-15-14(9-10-21-19(15)20(16)24-2)18-11-13-5-3-4-6-17(13)25-18/h3-11H,1-2H3,(H,22,23). The second-order valence-electron chi connectivity index (χ2n) is 5.73. The summed E-state index contributed by atoms with van der Waals surface area (Å²) in [5.74, 6) is 1.14. The van der Waals surface area contributed by atoms with Crippen LogP contribution in [0.4, 0.5) is 5.69 Å². The molecule has 0 saturated carbocycles. The van der Waals surface area contributed by atoms with E-state index in [1.807, 2.05) is 48.5 Å². The van der Waals surface area contributed by atoms with Gasteiger partial charge in [-0.15, -0.1) is 0 Å². The van der Waals surface area contributed by atoms with Crippen LogP contribution in [0.25, 0.3) is 33.2 Å². The van der Waals surface area contributed by atoms with E-state index in [-0.39, 0.29) is 5.91 Å². The molecule has 0 aliphatic carbocycles. The molecule has 0 atom stereocenters. The lowest BCUT2D eigenvalue weighted by Gasteiger charge is -2.12. The van der Waals surface area contributed by atoms with Crippen LogP contribution < -0.4 is 10.1 Å². The molecule has 0 fully saturated rings. The number of furan rings is 1. The van der Waals surface area contributed by atoms with Gasteiger partial charge in [0, 0.05) is 29.5 Å². The minimum absolute atomic E-state index is 0.161. The molecular weight excluding hydrogens is 316 g/mol. The molecule has 5 heteroatoms. The fourth-order valence-electron chi connectivity index (χ4n) is 3.02. The maximum atomic E-state index is 11.4. The molecule has 2 heterocycles. The summed E-state index contributed by atoms with van der Waals surface area (Å²) >= 11 is 0. The Morgan fingerprint density at radius 2 is 2.00 bits per heavy atom. The Labute approximate surface area is 144 Å². The first-order chi connectivity index (χ1) is 12.2. The van der Waals surface area contributed by atoms with Crippen LogP contribution in [0.3, 0.4) is 0 Å². The predicted molar refractivity (Wildman–Crippen MR) is 97.8 cm³/mol. The van der Waals surface area contributed by atoms with Gasteiger partial charge >= 0.3 is 0 Å². The number of carbonyl (C=O) groups excluding carboxylic acids is 1. The first kappa shape index (κ1) is 15.2. The quantitative estimate of drug-likeness (QED) is 0.595. The van der Waals surface area contributed by atoms with E-state index >= 15 is 0 Å². The summed E-state index contributed by atoms with van der Waals surface area (Å²) in [5, 5.41) is 4.71. The minimum atomic E-state index is -0.161. The van der Waals surface area contributed by atoms with Crippen molar-refractivity contribution < 1.29 is 13.9 Å². The van der Waals surface area contributed by atoms with Crippen molar-refractivity contribution in [3.63, 3.8) is 0 Å². The van der Waals surface area contributed by atoms with Gasteiger partial charge in [-0.1, -0.05) is 18.2 Å². The number of para-hydroxylation sites is 1. The number of hydrogen-bond acceptors (Lipinski definition) is 4. The molecule has 124 valence electrons. The Balaban J connectivity index is 1.94. The van der Waals surface area contributed by atoms with E-state index in [0.717, 1.165) is 27.7 Å². The second-order valence-corrected chi connectivity index (χ2v) is 5.73. The number of ether oxygens (including phenoxy) is 1. The number of aromatic nitrogens is 1. The number of benzene rings is 2. The van der Waals surface area contributed by atoms with Crippen molar-refractivity contribution in [3.05, 3.63) is 54.7 Å². The van der Waals surface area contributed by atoms with Crippen LogP contribution >= 0.6 is 0 Å². The number of methoxy groups -OCH3 is 1. The molecule has 0 saturated heterocycles. The molecule has 0 aliphatic rings. The van der Waals surface area contributed by atoms with Crippen molar-refractivity contribution in [3.8, 4) is 17.1 Å². The summed E-state index contributed by atoms with van der Waals surface area (Å²) in [6.45, 7) is 1.46. The number of pyridine rings is 1. The highest BCUT2D eigenvalue weighted by molar-refractivity contribution is 6.02. The summed E-state index contributed by atoms with van der Waals surface area (Å²) in [6, 6.07) is 15.5. The molecule has 1 amide bonds. The maximum Gasteiger partial charge on any atom is 0.221 e. The summed E-state index contributed by atoms with van der Waals surface area (Å²) in [5.41, 5.74) is 3.03. The van der Waals surface area contributed by atoms with Gasteiger partial charge in [0.15, 0.2) is 5.75 Å². The molecule has 5 nitrogen and oxygen atoms in total. The van der Waals surface area contributed by atoms with Gasteiger partial charge in [-0.3, -0.25) is 9.78 Å². The van der Waals surface area contributed by atoms with Crippen LogP contribution in [0.2, 0.25) is 0 Å². The van der Waals surface area contributed by atoms with Gasteiger partial charge in [0.25, 0.3) is 0 Å². The third kappa shape index (κ3) is 2.59. The summed E-state index contributed by atoms with van der Waals surface area (Å²) in [4.78, 5) is 15.8. The molecule has 4 aromatic rings. The Kier molecular flexibility index (Phi) is 3.61. The SMILES string of the molecule is COc1c(NC(C)=O)ccc2c(-c3cc4ccccc4o3)ccnc12. The van der Waals surface area contributed by atoms with E-state index < -0.39 is 0 Å². The molecule has 0 spiro atoms. The van der Waals surface area contributed by atoms with Gasteiger partial charge in [-0.2, -0.15) is 0 Å². The number of carbonyl (C=O) groups is 1. The van der Waals surface area contributed by atoms with Crippen molar-refractivity contribution in [1.29, 1.82) is 0 Å². The van der Waals surface area contributed by atoms with Gasteiger partial charge in [0.1, 0.15) is 16.9 Å². The lowest BCUT2D eigenvalue weighted by atomic mass is 10.1. The zero-order chi connectivity index (χ0) is 17.4. The topological polar surface area (TPSA) is 64.4 Å². The Morgan fingerprint density at radius 1 is 1.16 bits per heavy atom. The lowest BCUT2D eigenvalue weighted by molar-refractivity contribution is -0.114. The molecular formula is C20H16N2O3. The van der Waals surface area contributed by atoms with E-state index in [0.29, 0.717) is 17.0 Å². The molecule has 1 N–H and O–H groups in total. The smallest absolute Gasteiger partial charge is 0.221 e. The Hall–Kier alpha value is -3.34. The molecule has 0 unspecified atom stereocenters. The van der Waals surface area contributed by atoms with E-state index in [9.17, 15) is 4.79 Å². The summed E-state index contributed by atoms with van der Waals surface area (Å²) in [6.07, 6.45) is 1.71. The van der Waals surface area contributed by atoms with Gasteiger partial charge in [0.2, 0.25) is 5.91 Å². The highest BCUT2D eigenvalue weighted by atomic mass is 16.5. The number of amides is 1. The van der Waals surface area contributed by atoms with E-state index in [1.165, 1.54) is 6.92 Å². The second kappa shape index (κ2) is 5.94. The summed E-state index contributed by atoms with van der Waals surface area (Å²) in [7, 11) is 1.57. The largest absolute Gasteiger partial charge is 0.492 e. The average Bonchev–Trinajstić information content (AvgIpc) is 3.04. The van der Waals surface area contributed by atoms with Gasteiger partial charge < -0.3 is 14.5 Å². The van der Waals surface area contributed by atoms with Crippen LogP contribution in [0.5, 0.6) is 5.75 Å². The molecule has 0 aliphatic heterocycles. The molecule has 25 heavy (non-hydrogen) atoms. The van der Waals surface area contributed by atoms with Crippen LogP contribution in [-0.4, -0.2) is 18.0 Å². The molecule has 0 bridgehead atoms. The van der Waals surface area contributed by atoms with E-state index in [1.54, 1.807) is 13.3 Å². The van der Waals surface area contributed by atoms with Crippen LogP contribution in [0.15, 0.2) is 59.1 Å². The van der Waals surface area contributed by atoms with E-state index in [2.05, 4.69) is 10.3 Å². The fraction of sp³-hybridized carbons (Fsp3) is 0.100. The minimum Gasteiger partial charge on any atom is -0.492 e. The monoisotopic (exact) mass is 332 g/mol. The number of nitrogens with one attached hydrogen (secondary N) is 1. The Morgan fingerprint density at radius 3 is 2.76 bits per heavy atom. The van der Waals surface area contributed by atoms with Crippen LogP contribution in [-0.2, 0) is 4.79 Å². The third-order valence-electron chi connectivity index (χ3n) is 4.07. The number of fused-ring (bicyclic) bond motifs is 2. The normalized spacial score (nSPS) is 11.0. The van der Waals surface area contributed by atoms with Crippen LogP contribution in [0.1, 0.15) is 6.92 Å². The molecule has 0 radical (unpaired) electrons. The predicted octanol–water partition coefficient (Wildman–Crippen LogP) is 4.62. The Bertz CT molecular complexity index is 1070. The first-order valence-corrected chi connectivity index (χ1v) is 7.89. The summed E-state index contributed by atoms with van der Waals surface area (Å²) < 4.78 is 11.5. The highest BCUT2D eigenvalue weighted by Gasteiger charge is 2.15.